The van der Waals surface area contributed by atoms with Crippen molar-refractivity contribution in [1.82, 2.24) is 9.97 Å². The molecule has 0 aromatic carbocycles. The van der Waals surface area contributed by atoms with Crippen LogP contribution in [-0.4, -0.2) is 29.7 Å². The van der Waals surface area contributed by atoms with E-state index >= 15 is 0 Å². The lowest BCUT2D eigenvalue weighted by Gasteiger charge is -2.20. The van der Waals surface area contributed by atoms with E-state index in [9.17, 15) is 0 Å². The molecule has 0 saturated carbocycles. The second-order valence-corrected chi connectivity index (χ2v) is 4.32. The van der Waals surface area contributed by atoms with Crippen LogP contribution in [0.2, 0.25) is 0 Å². The Morgan fingerprint density at radius 2 is 1.94 bits per heavy atom. The van der Waals surface area contributed by atoms with Crippen LogP contribution in [0.1, 0.15) is 31.2 Å². The summed E-state index contributed by atoms with van der Waals surface area (Å²) in [5.41, 5.74) is 3.51. The Hall–Kier alpha value is -1.40. The number of methoxy groups -OCH3 is 1. The molecular weight excluding hydrogens is 230 g/mol. The summed E-state index contributed by atoms with van der Waals surface area (Å²) in [6.07, 6.45) is 2.12. The van der Waals surface area contributed by atoms with Crippen LogP contribution in [0.5, 0.6) is 0 Å². The Morgan fingerprint density at radius 3 is 2.50 bits per heavy atom. The van der Waals surface area contributed by atoms with Gasteiger partial charge >= 0.3 is 0 Å². The molecule has 1 aromatic heterocycles. The summed E-state index contributed by atoms with van der Waals surface area (Å²) in [4.78, 5) is 8.64. The number of aromatic nitrogens is 2. The maximum Gasteiger partial charge on any atom is 0.148 e. The van der Waals surface area contributed by atoms with Crippen LogP contribution in [0.4, 0.5) is 11.6 Å². The van der Waals surface area contributed by atoms with Crippen molar-refractivity contribution in [2.75, 3.05) is 24.5 Å². The maximum absolute atomic E-state index is 5.44. The van der Waals surface area contributed by atoms with E-state index in [1.807, 2.05) is 13.8 Å². The quantitative estimate of drug-likeness (QED) is 0.505. The molecule has 0 aliphatic carbocycles. The van der Waals surface area contributed by atoms with Crippen LogP contribution in [0.25, 0.3) is 0 Å². The highest BCUT2D eigenvalue weighted by atomic mass is 16.5. The molecule has 0 spiro atoms. The first-order valence-corrected chi connectivity index (χ1v) is 6.19. The molecule has 102 valence electrons. The van der Waals surface area contributed by atoms with E-state index in [2.05, 4.69) is 27.6 Å². The number of nitrogens with two attached hydrogens (primary N) is 1. The monoisotopic (exact) mass is 253 g/mol. The van der Waals surface area contributed by atoms with Gasteiger partial charge in [-0.1, -0.05) is 13.3 Å². The van der Waals surface area contributed by atoms with Crippen molar-refractivity contribution in [2.45, 2.75) is 39.7 Å². The van der Waals surface area contributed by atoms with Crippen molar-refractivity contribution >= 4 is 11.6 Å². The Balaban J connectivity index is 2.90. The molecule has 0 radical (unpaired) electrons. The molecule has 6 heteroatoms. The van der Waals surface area contributed by atoms with Crippen LogP contribution in [0, 0.1) is 13.8 Å². The molecule has 1 unspecified atom stereocenters. The fourth-order valence-corrected chi connectivity index (χ4v) is 1.85. The molecule has 0 bridgehead atoms. The van der Waals surface area contributed by atoms with Gasteiger partial charge in [-0.15, -0.1) is 0 Å². The van der Waals surface area contributed by atoms with Gasteiger partial charge in [0.2, 0.25) is 0 Å². The minimum Gasteiger partial charge on any atom is -0.383 e. The highest BCUT2D eigenvalue weighted by Crippen LogP contribution is 2.20. The minimum atomic E-state index is 0.249. The lowest BCUT2D eigenvalue weighted by molar-refractivity contribution is 0.182. The lowest BCUT2D eigenvalue weighted by Crippen LogP contribution is -2.26. The molecule has 0 saturated heterocycles. The van der Waals surface area contributed by atoms with E-state index < -0.39 is 0 Å². The molecule has 1 rings (SSSR count). The van der Waals surface area contributed by atoms with E-state index in [1.165, 1.54) is 0 Å². The van der Waals surface area contributed by atoms with Crippen LogP contribution in [0.3, 0.4) is 0 Å². The summed E-state index contributed by atoms with van der Waals surface area (Å²) in [5, 5.41) is 3.39. The largest absolute Gasteiger partial charge is 0.383 e. The number of hydrogen-bond donors (Lipinski definition) is 3. The first-order chi connectivity index (χ1) is 8.62. The highest BCUT2D eigenvalue weighted by Gasteiger charge is 2.13. The van der Waals surface area contributed by atoms with E-state index in [0.717, 1.165) is 24.2 Å². The third-order valence-electron chi connectivity index (χ3n) is 2.74. The van der Waals surface area contributed by atoms with Crippen LogP contribution < -0.4 is 16.6 Å². The third-order valence-corrected chi connectivity index (χ3v) is 2.74. The fourth-order valence-electron chi connectivity index (χ4n) is 1.85. The maximum atomic E-state index is 5.44. The number of nitrogens with zero attached hydrogens (tertiary/aromatic N) is 2. The van der Waals surface area contributed by atoms with Crippen molar-refractivity contribution in [3.05, 3.63) is 11.4 Å². The van der Waals surface area contributed by atoms with Crippen LogP contribution >= 0.6 is 0 Å². The van der Waals surface area contributed by atoms with Crippen molar-refractivity contribution in [3.63, 3.8) is 0 Å². The highest BCUT2D eigenvalue weighted by molar-refractivity contribution is 5.57. The predicted molar refractivity (Wildman–Crippen MR) is 73.5 cm³/mol. The summed E-state index contributed by atoms with van der Waals surface area (Å²) in [7, 11) is 1.70. The van der Waals surface area contributed by atoms with Gasteiger partial charge in [0.25, 0.3) is 0 Å². The lowest BCUT2D eigenvalue weighted by atomic mass is 10.1. The molecule has 1 atom stereocenters. The van der Waals surface area contributed by atoms with E-state index in [0.29, 0.717) is 18.2 Å². The smallest absolute Gasteiger partial charge is 0.148 e. The first-order valence-electron chi connectivity index (χ1n) is 6.19. The first kappa shape index (κ1) is 14.7. The van der Waals surface area contributed by atoms with E-state index in [-0.39, 0.29) is 6.04 Å². The zero-order valence-electron chi connectivity index (χ0n) is 11.6. The van der Waals surface area contributed by atoms with Gasteiger partial charge in [0, 0.05) is 12.7 Å². The zero-order valence-corrected chi connectivity index (χ0v) is 11.6. The van der Waals surface area contributed by atoms with E-state index in [4.69, 9.17) is 10.6 Å². The normalized spacial score (nSPS) is 12.3. The number of nitrogens with one attached hydrogen (secondary N) is 2. The van der Waals surface area contributed by atoms with Gasteiger partial charge in [0.15, 0.2) is 0 Å². The standard InChI is InChI=1S/C12H23N5O/c1-5-6-10(7-18-4)16-11-8(2)12(17-13)15-9(3)14-11/h10H,5-7,13H2,1-4H3,(H2,14,15,16,17). The van der Waals surface area contributed by atoms with Crippen molar-refractivity contribution < 1.29 is 4.74 Å². The third kappa shape index (κ3) is 3.82. The molecule has 0 aliphatic rings. The van der Waals surface area contributed by atoms with Gasteiger partial charge < -0.3 is 15.5 Å². The number of aryl methyl sites for hydroxylation is 1. The van der Waals surface area contributed by atoms with Gasteiger partial charge in [-0.2, -0.15) is 0 Å². The Kier molecular flexibility index (Phi) is 5.80. The number of ether oxygens (including phenoxy) is 1. The molecule has 1 aromatic rings. The molecular formula is C12H23N5O. The van der Waals surface area contributed by atoms with Gasteiger partial charge in [-0.05, 0) is 20.3 Å². The number of hydrogen-bond acceptors (Lipinski definition) is 6. The van der Waals surface area contributed by atoms with Gasteiger partial charge in [-0.3, -0.25) is 0 Å². The van der Waals surface area contributed by atoms with Gasteiger partial charge in [-0.25, -0.2) is 15.8 Å². The average molecular weight is 253 g/mol. The van der Waals surface area contributed by atoms with Gasteiger partial charge in [0.05, 0.1) is 12.6 Å². The number of nitrogen functional groups attached to an aromatic ring is 1. The molecule has 18 heavy (non-hydrogen) atoms. The topological polar surface area (TPSA) is 85.1 Å². The number of rotatable bonds is 7. The summed E-state index contributed by atoms with van der Waals surface area (Å²) in [5.74, 6) is 7.59. The fraction of sp³-hybridized carbons (Fsp3) is 0.667. The molecule has 0 aliphatic heterocycles. The molecule has 4 N–H and O–H groups in total. The summed E-state index contributed by atoms with van der Waals surface area (Å²) in [6.45, 7) is 6.58. The summed E-state index contributed by atoms with van der Waals surface area (Å²) in [6, 6.07) is 0.249. The van der Waals surface area contributed by atoms with Crippen molar-refractivity contribution in [1.29, 1.82) is 0 Å². The zero-order chi connectivity index (χ0) is 13.5. The number of anilines is 2. The van der Waals surface area contributed by atoms with Gasteiger partial charge in [0.1, 0.15) is 17.5 Å². The molecule has 1 heterocycles. The van der Waals surface area contributed by atoms with Crippen molar-refractivity contribution in [2.24, 2.45) is 5.84 Å². The SMILES string of the molecule is CCCC(COC)Nc1nc(C)nc(NN)c1C. The Morgan fingerprint density at radius 1 is 1.28 bits per heavy atom. The predicted octanol–water partition coefficient (Wildman–Crippen LogP) is 1.61. The second kappa shape index (κ2) is 7.13. The molecule has 0 fully saturated rings. The average Bonchev–Trinajstić information content (AvgIpc) is 2.34. The summed E-state index contributed by atoms with van der Waals surface area (Å²) >= 11 is 0. The van der Waals surface area contributed by atoms with Crippen molar-refractivity contribution in [3.8, 4) is 0 Å². The number of hydrazine groups is 1. The van der Waals surface area contributed by atoms with E-state index in [1.54, 1.807) is 7.11 Å². The van der Waals surface area contributed by atoms with Crippen LogP contribution in [-0.2, 0) is 4.74 Å². The summed E-state index contributed by atoms with van der Waals surface area (Å²) < 4.78 is 5.21. The molecule has 0 amide bonds. The minimum absolute atomic E-state index is 0.249. The Bertz CT molecular complexity index is 377. The molecule has 6 nitrogen and oxygen atoms in total. The van der Waals surface area contributed by atoms with Crippen LogP contribution in [0.15, 0.2) is 0 Å². The Labute approximate surface area is 108 Å². The second-order valence-electron chi connectivity index (χ2n) is 4.32.